The van der Waals surface area contributed by atoms with Gasteiger partial charge in [0.15, 0.2) is 0 Å². The second-order valence-corrected chi connectivity index (χ2v) is 13.0. The molecule has 204 valence electrons. The van der Waals surface area contributed by atoms with Gasteiger partial charge in [-0.05, 0) is 52.9 Å². The molecule has 4 aromatic rings. The van der Waals surface area contributed by atoms with Crippen LogP contribution in [0.3, 0.4) is 0 Å². The van der Waals surface area contributed by atoms with Gasteiger partial charge >= 0.3 is 12.1 Å². The molecule has 1 N–H and O–H groups in total. The lowest BCUT2D eigenvalue weighted by Crippen LogP contribution is -2.17. The minimum atomic E-state index is -4.61. The number of carbonyl (C=O) groups is 1. The van der Waals surface area contributed by atoms with E-state index in [1.54, 1.807) is 6.08 Å². The number of aromatic nitrogens is 1. The summed E-state index contributed by atoms with van der Waals surface area (Å²) in [6, 6.07) is 14.8. The van der Waals surface area contributed by atoms with Crippen molar-refractivity contribution < 1.29 is 31.5 Å². The maximum absolute atomic E-state index is 13.6. The molecule has 0 fully saturated rings. The van der Waals surface area contributed by atoms with Crippen LogP contribution in [0.25, 0.3) is 22.6 Å². The van der Waals surface area contributed by atoms with Crippen molar-refractivity contribution in [2.24, 2.45) is 0 Å². The SMILES string of the molecule is C=C(c1ccc(C(=O)O)s1)c1cc2cc(C(F)(F)F)ccc2n1S(=O)(=O)CC=Cc1cccc(C(C)(C)C)c1. The summed E-state index contributed by atoms with van der Waals surface area (Å²) in [6.07, 6.45) is -1.43. The fourth-order valence-corrected chi connectivity index (χ4v) is 6.35. The number of aromatic carboxylic acids is 1. The first-order valence-electron chi connectivity index (χ1n) is 11.8. The molecule has 10 heteroatoms. The number of thiophene rings is 1. The lowest BCUT2D eigenvalue weighted by Gasteiger charge is -2.19. The smallest absolute Gasteiger partial charge is 0.416 e. The monoisotopic (exact) mass is 573 g/mol. The minimum absolute atomic E-state index is 0.0245. The Labute approximate surface area is 228 Å². The average Bonchev–Trinajstić information content (AvgIpc) is 3.48. The first-order chi connectivity index (χ1) is 18.1. The molecule has 0 unspecified atom stereocenters. The number of hydrogen-bond donors (Lipinski definition) is 1. The Bertz CT molecular complexity index is 1720. The van der Waals surface area contributed by atoms with Crippen LogP contribution in [0.4, 0.5) is 13.2 Å². The van der Waals surface area contributed by atoms with Crippen LogP contribution in [0.1, 0.15) is 57.7 Å². The largest absolute Gasteiger partial charge is 0.477 e. The van der Waals surface area contributed by atoms with Gasteiger partial charge in [0.25, 0.3) is 0 Å². The molecular weight excluding hydrogens is 547 g/mol. The summed E-state index contributed by atoms with van der Waals surface area (Å²) in [5.41, 5.74) is 1.21. The number of fused-ring (bicyclic) bond motifs is 1. The molecule has 0 aliphatic carbocycles. The lowest BCUT2D eigenvalue weighted by atomic mass is 9.86. The zero-order valence-corrected chi connectivity index (χ0v) is 23.0. The molecular formula is C29H26F3NO4S2. The van der Waals surface area contributed by atoms with Crippen molar-refractivity contribution >= 4 is 49.9 Å². The minimum Gasteiger partial charge on any atom is -0.477 e. The number of halogens is 3. The second kappa shape index (κ2) is 10.2. The van der Waals surface area contributed by atoms with Crippen LogP contribution in [0.2, 0.25) is 0 Å². The van der Waals surface area contributed by atoms with E-state index in [1.807, 2.05) is 24.3 Å². The van der Waals surface area contributed by atoms with Gasteiger partial charge in [-0.1, -0.05) is 63.8 Å². The summed E-state index contributed by atoms with van der Waals surface area (Å²) in [7, 11) is -4.12. The Balaban J connectivity index is 1.78. The molecule has 0 amide bonds. The summed E-state index contributed by atoms with van der Waals surface area (Å²) in [5.74, 6) is -1.58. The van der Waals surface area contributed by atoms with Gasteiger partial charge in [0.2, 0.25) is 10.0 Å². The number of alkyl halides is 3. The van der Waals surface area contributed by atoms with Crippen molar-refractivity contribution in [3.63, 3.8) is 0 Å². The van der Waals surface area contributed by atoms with Gasteiger partial charge in [-0.2, -0.15) is 13.2 Å². The quantitative estimate of drug-likeness (QED) is 0.246. The number of carboxylic acids is 1. The van der Waals surface area contributed by atoms with E-state index in [4.69, 9.17) is 0 Å². The number of benzene rings is 2. The summed E-state index contributed by atoms with van der Waals surface area (Å²) in [6.45, 7) is 10.2. The highest BCUT2D eigenvalue weighted by Gasteiger charge is 2.32. The third-order valence-corrected chi connectivity index (χ3v) is 8.85. The van der Waals surface area contributed by atoms with E-state index in [9.17, 15) is 31.5 Å². The fourth-order valence-electron chi connectivity index (χ4n) is 4.11. The zero-order valence-electron chi connectivity index (χ0n) is 21.4. The van der Waals surface area contributed by atoms with Crippen LogP contribution in [0.15, 0.2) is 73.3 Å². The highest BCUT2D eigenvalue weighted by Crippen LogP contribution is 2.37. The second-order valence-electron chi connectivity index (χ2n) is 10.1. The Hall–Kier alpha value is -3.63. The van der Waals surface area contributed by atoms with Crippen LogP contribution >= 0.6 is 11.3 Å². The molecule has 5 nitrogen and oxygen atoms in total. The molecule has 2 heterocycles. The molecule has 4 rings (SSSR count). The van der Waals surface area contributed by atoms with E-state index >= 15 is 0 Å². The van der Waals surface area contributed by atoms with Crippen LogP contribution < -0.4 is 0 Å². The van der Waals surface area contributed by atoms with E-state index < -0.39 is 33.5 Å². The third kappa shape index (κ3) is 6.02. The van der Waals surface area contributed by atoms with Gasteiger partial charge in [0.05, 0.1) is 22.5 Å². The lowest BCUT2D eigenvalue weighted by molar-refractivity contribution is -0.137. The number of rotatable bonds is 7. The zero-order chi connectivity index (χ0) is 28.8. The summed E-state index contributed by atoms with van der Waals surface area (Å²) in [4.78, 5) is 11.8. The average molecular weight is 574 g/mol. The fraction of sp³-hybridized carbons (Fsp3) is 0.207. The number of hydrogen-bond acceptors (Lipinski definition) is 4. The van der Waals surface area contributed by atoms with Gasteiger partial charge in [-0.25, -0.2) is 17.2 Å². The standard InChI is InChI=1S/C29H26F3NO4S2/c1-18(25-12-13-26(38-25)27(34)35)24-17-20-16-22(29(30,31)32)10-11-23(20)33(24)39(36,37)14-6-8-19-7-5-9-21(15-19)28(2,3)4/h5-13,15-17H,1,14H2,2-4H3,(H,34,35). The Morgan fingerprint density at radius 3 is 2.31 bits per heavy atom. The molecule has 0 saturated heterocycles. The van der Waals surface area contributed by atoms with Gasteiger partial charge in [0, 0.05) is 15.8 Å². The third-order valence-electron chi connectivity index (χ3n) is 6.16. The summed E-state index contributed by atoms with van der Waals surface area (Å²) < 4.78 is 68.4. The number of nitrogens with zero attached hydrogens (tertiary/aromatic N) is 1. The molecule has 0 radical (unpaired) electrons. The van der Waals surface area contributed by atoms with Crippen LogP contribution in [-0.4, -0.2) is 29.2 Å². The maximum Gasteiger partial charge on any atom is 0.416 e. The highest BCUT2D eigenvalue weighted by molar-refractivity contribution is 7.90. The predicted molar refractivity (Wildman–Crippen MR) is 150 cm³/mol. The molecule has 0 aliphatic rings. The van der Waals surface area contributed by atoms with Crippen molar-refractivity contribution in [3.05, 3.63) is 105 Å². The van der Waals surface area contributed by atoms with Gasteiger partial charge in [0.1, 0.15) is 4.88 Å². The van der Waals surface area contributed by atoms with Gasteiger partial charge in [-0.3, -0.25) is 0 Å². The molecule has 0 saturated carbocycles. The molecule has 0 atom stereocenters. The van der Waals surface area contributed by atoms with Gasteiger partial charge < -0.3 is 5.11 Å². The van der Waals surface area contributed by atoms with E-state index in [0.717, 1.165) is 44.6 Å². The molecule has 2 aromatic heterocycles. The Morgan fingerprint density at radius 1 is 1.00 bits per heavy atom. The molecule has 0 aliphatic heterocycles. The van der Waals surface area contributed by atoms with Gasteiger partial charge in [-0.15, -0.1) is 11.3 Å². The van der Waals surface area contributed by atoms with Crippen LogP contribution in [-0.2, 0) is 21.6 Å². The van der Waals surface area contributed by atoms with E-state index in [0.29, 0.717) is 4.88 Å². The topological polar surface area (TPSA) is 76.4 Å². The molecule has 0 spiro atoms. The van der Waals surface area contributed by atoms with Crippen molar-refractivity contribution in [1.29, 1.82) is 0 Å². The van der Waals surface area contributed by atoms with E-state index in [2.05, 4.69) is 27.4 Å². The summed E-state index contributed by atoms with van der Waals surface area (Å²) in [5, 5.41) is 9.34. The molecule has 39 heavy (non-hydrogen) atoms. The van der Waals surface area contributed by atoms with Crippen molar-refractivity contribution in [1.82, 2.24) is 3.97 Å². The molecule has 2 aromatic carbocycles. The van der Waals surface area contributed by atoms with E-state index in [1.165, 1.54) is 24.3 Å². The first kappa shape index (κ1) is 28.4. The predicted octanol–water partition coefficient (Wildman–Crippen LogP) is 7.67. The van der Waals surface area contributed by atoms with Crippen molar-refractivity contribution in [2.45, 2.75) is 32.4 Å². The molecule has 0 bridgehead atoms. The van der Waals surface area contributed by atoms with Crippen molar-refractivity contribution in [2.75, 3.05) is 5.75 Å². The first-order valence-corrected chi connectivity index (χ1v) is 14.3. The van der Waals surface area contributed by atoms with Crippen molar-refractivity contribution in [3.8, 4) is 0 Å². The highest BCUT2D eigenvalue weighted by atomic mass is 32.2. The maximum atomic E-state index is 13.6. The number of carboxylic acid groups (broad SMARTS) is 1. The Morgan fingerprint density at radius 2 is 1.69 bits per heavy atom. The summed E-state index contributed by atoms with van der Waals surface area (Å²) >= 11 is 0.898. The van der Waals surface area contributed by atoms with Crippen LogP contribution in [0.5, 0.6) is 0 Å². The normalized spacial score (nSPS) is 12.9. The van der Waals surface area contributed by atoms with Crippen LogP contribution in [0, 0.1) is 0 Å². The Kier molecular flexibility index (Phi) is 7.39. The van der Waals surface area contributed by atoms with E-state index in [-0.39, 0.29) is 32.5 Å².